The Kier molecular flexibility index (Phi) is 3.74. The number of hydrogen-bond donors (Lipinski definition) is 1. The molecule has 0 aliphatic carbocycles. The van der Waals surface area contributed by atoms with E-state index in [0.717, 1.165) is 43.3 Å². The molecule has 3 aliphatic rings. The van der Waals surface area contributed by atoms with Crippen molar-refractivity contribution >= 4 is 23.6 Å². The maximum atomic E-state index is 12.4. The maximum Gasteiger partial charge on any atom is 0.325 e. The number of likely N-dealkylation sites (N-methyl/N-ethyl adjacent to an activating group) is 1. The predicted octanol–water partition coefficient (Wildman–Crippen LogP) is 0.843. The second kappa shape index (κ2) is 5.94. The van der Waals surface area contributed by atoms with Crippen LogP contribution >= 0.6 is 0 Å². The van der Waals surface area contributed by atoms with Gasteiger partial charge in [-0.3, -0.25) is 10.1 Å². The van der Waals surface area contributed by atoms with Crippen molar-refractivity contribution in [2.45, 2.75) is 25.0 Å². The van der Waals surface area contributed by atoms with Crippen molar-refractivity contribution in [3.8, 4) is 5.75 Å². The van der Waals surface area contributed by atoms with Gasteiger partial charge in [0.2, 0.25) is 5.96 Å². The first-order chi connectivity index (χ1) is 12.1. The Bertz CT molecular complexity index is 732. The molecule has 3 amide bonds. The molecular formula is C17H21N5O3. The van der Waals surface area contributed by atoms with Crippen LogP contribution in [0.4, 0.5) is 10.5 Å². The van der Waals surface area contributed by atoms with Crippen LogP contribution in [0.5, 0.6) is 5.75 Å². The fourth-order valence-electron chi connectivity index (χ4n) is 3.63. The Morgan fingerprint density at radius 3 is 2.60 bits per heavy atom. The predicted molar refractivity (Wildman–Crippen MR) is 92.6 cm³/mol. The van der Waals surface area contributed by atoms with Crippen LogP contribution < -0.4 is 15.0 Å². The zero-order valence-corrected chi connectivity index (χ0v) is 14.3. The number of nitrogens with one attached hydrogen (secondary N) is 1. The van der Waals surface area contributed by atoms with Gasteiger partial charge in [0.25, 0.3) is 5.91 Å². The largest absolute Gasteiger partial charge is 0.497 e. The Morgan fingerprint density at radius 2 is 1.88 bits per heavy atom. The number of urea groups is 1. The summed E-state index contributed by atoms with van der Waals surface area (Å²) in [6.07, 6.45) is 1.50. The standard InChI is InChI=1S/C17H21N5O3/c1-20-14-13(15(23)19-17(20)24)22-10-4-3-9-21(16(22)18-14)11-5-7-12(25-2)8-6-11/h5-8,13-14H,3-4,9-10H2,1-2H3,(H,19,23,24). The highest BCUT2D eigenvalue weighted by Crippen LogP contribution is 2.30. The molecule has 1 aromatic carbocycles. The smallest absolute Gasteiger partial charge is 0.325 e. The molecule has 8 heteroatoms. The third kappa shape index (κ3) is 2.48. The number of fused-ring (bicyclic) bond motifs is 3. The molecule has 132 valence electrons. The van der Waals surface area contributed by atoms with Crippen LogP contribution in [0.3, 0.4) is 0 Å². The van der Waals surface area contributed by atoms with Crippen molar-refractivity contribution in [2.24, 2.45) is 4.99 Å². The molecular weight excluding hydrogens is 322 g/mol. The highest BCUT2D eigenvalue weighted by molar-refractivity contribution is 6.07. The topological polar surface area (TPSA) is 77.5 Å². The lowest BCUT2D eigenvalue weighted by Gasteiger charge is -2.36. The molecule has 1 aromatic rings. The number of guanidine groups is 1. The molecule has 1 N–H and O–H groups in total. The molecule has 0 radical (unpaired) electrons. The van der Waals surface area contributed by atoms with E-state index in [1.165, 1.54) is 4.90 Å². The molecule has 2 fully saturated rings. The van der Waals surface area contributed by atoms with Gasteiger partial charge in [-0.2, -0.15) is 0 Å². The molecule has 0 aromatic heterocycles. The van der Waals surface area contributed by atoms with Crippen LogP contribution in [0.1, 0.15) is 12.8 Å². The van der Waals surface area contributed by atoms with E-state index in [1.54, 1.807) is 14.2 Å². The summed E-state index contributed by atoms with van der Waals surface area (Å²) in [5, 5.41) is 2.42. The van der Waals surface area contributed by atoms with Gasteiger partial charge in [-0.1, -0.05) is 0 Å². The van der Waals surface area contributed by atoms with Crippen molar-refractivity contribution in [2.75, 3.05) is 32.1 Å². The molecule has 2 unspecified atom stereocenters. The third-order valence-electron chi connectivity index (χ3n) is 4.99. The molecule has 3 aliphatic heterocycles. The highest BCUT2D eigenvalue weighted by Gasteiger charge is 2.50. The number of benzene rings is 1. The fraction of sp³-hybridized carbons (Fsp3) is 0.471. The number of carbonyl (C=O) groups is 2. The molecule has 0 bridgehead atoms. The summed E-state index contributed by atoms with van der Waals surface area (Å²) in [7, 11) is 3.31. The first-order valence-corrected chi connectivity index (χ1v) is 8.44. The van der Waals surface area contributed by atoms with Gasteiger partial charge < -0.3 is 19.4 Å². The van der Waals surface area contributed by atoms with Crippen molar-refractivity contribution in [1.82, 2.24) is 15.1 Å². The molecule has 25 heavy (non-hydrogen) atoms. The number of rotatable bonds is 2. The van der Waals surface area contributed by atoms with Crippen LogP contribution in [0.15, 0.2) is 29.3 Å². The number of ether oxygens (including phenoxy) is 1. The van der Waals surface area contributed by atoms with E-state index in [9.17, 15) is 9.59 Å². The van der Waals surface area contributed by atoms with Crippen LogP contribution in [-0.4, -0.2) is 67.2 Å². The average Bonchev–Trinajstić information content (AvgIpc) is 2.88. The lowest BCUT2D eigenvalue weighted by molar-refractivity contribution is -0.127. The van der Waals surface area contributed by atoms with E-state index >= 15 is 0 Å². The second-order valence-corrected chi connectivity index (χ2v) is 6.44. The summed E-state index contributed by atoms with van der Waals surface area (Å²) in [6.45, 7) is 1.57. The van der Waals surface area contributed by atoms with Crippen LogP contribution in [0.25, 0.3) is 0 Å². The Labute approximate surface area is 146 Å². The van der Waals surface area contributed by atoms with Crippen molar-refractivity contribution in [3.63, 3.8) is 0 Å². The van der Waals surface area contributed by atoms with Crippen molar-refractivity contribution in [3.05, 3.63) is 24.3 Å². The number of amides is 3. The van der Waals surface area contributed by atoms with Crippen LogP contribution in [0, 0.1) is 0 Å². The number of aliphatic imine (C=N–C) groups is 1. The summed E-state index contributed by atoms with van der Waals surface area (Å²) in [6, 6.07) is 6.94. The van der Waals surface area contributed by atoms with Gasteiger partial charge in [0.05, 0.1) is 7.11 Å². The van der Waals surface area contributed by atoms with Gasteiger partial charge >= 0.3 is 6.03 Å². The summed E-state index contributed by atoms with van der Waals surface area (Å²) < 4.78 is 5.23. The monoisotopic (exact) mass is 343 g/mol. The maximum absolute atomic E-state index is 12.4. The lowest BCUT2D eigenvalue weighted by atomic mass is 10.1. The number of nitrogens with zero attached hydrogens (tertiary/aromatic N) is 4. The first-order valence-electron chi connectivity index (χ1n) is 8.44. The number of carbonyl (C=O) groups excluding carboxylic acids is 2. The minimum absolute atomic E-state index is 0.275. The van der Waals surface area contributed by atoms with E-state index in [4.69, 9.17) is 9.73 Å². The zero-order valence-electron chi connectivity index (χ0n) is 14.3. The van der Waals surface area contributed by atoms with Gasteiger partial charge in [-0.15, -0.1) is 0 Å². The van der Waals surface area contributed by atoms with Crippen LogP contribution in [-0.2, 0) is 4.79 Å². The molecule has 2 atom stereocenters. The second-order valence-electron chi connectivity index (χ2n) is 6.44. The molecule has 4 rings (SSSR count). The number of anilines is 1. The Morgan fingerprint density at radius 1 is 1.16 bits per heavy atom. The minimum atomic E-state index is -0.477. The van der Waals surface area contributed by atoms with E-state index in [0.29, 0.717) is 0 Å². The third-order valence-corrected chi connectivity index (χ3v) is 4.99. The van der Waals surface area contributed by atoms with Gasteiger partial charge in [-0.25, -0.2) is 9.79 Å². The van der Waals surface area contributed by atoms with Crippen molar-refractivity contribution < 1.29 is 14.3 Å². The summed E-state index contributed by atoms with van der Waals surface area (Å²) in [4.78, 5) is 34.7. The van der Waals surface area contributed by atoms with Crippen molar-refractivity contribution in [1.29, 1.82) is 0 Å². The lowest BCUT2D eigenvalue weighted by Crippen LogP contribution is -2.64. The average molecular weight is 343 g/mol. The summed E-state index contributed by atoms with van der Waals surface area (Å²) in [5.41, 5.74) is 1.000. The Hall–Kier alpha value is -2.77. The van der Waals surface area contributed by atoms with Gasteiger partial charge in [-0.05, 0) is 37.1 Å². The molecule has 0 saturated carbocycles. The van der Waals surface area contributed by atoms with Crippen LogP contribution in [0.2, 0.25) is 0 Å². The highest BCUT2D eigenvalue weighted by atomic mass is 16.5. The fourth-order valence-corrected chi connectivity index (χ4v) is 3.63. The van der Waals surface area contributed by atoms with Gasteiger partial charge in [0, 0.05) is 25.8 Å². The molecule has 8 nitrogen and oxygen atoms in total. The first kappa shape index (κ1) is 15.7. The van der Waals surface area contributed by atoms with E-state index in [2.05, 4.69) is 10.2 Å². The quantitative estimate of drug-likeness (QED) is 0.861. The molecule has 2 saturated heterocycles. The van der Waals surface area contributed by atoms with E-state index in [-0.39, 0.29) is 5.91 Å². The number of hydrogen-bond acceptors (Lipinski definition) is 6. The molecule has 3 heterocycles. The Balaban J connectivity index is 1.71. The summed E-state index contributed by atoms with van der Waals surface area (Å²) >= 11 is 0. The van der Waals surface area contributed by atoms with E-state index < -0.39 is 18.2 Å². The van der Waals surface area contributed by atoms with Gasteiger partial charge in [0.1, 0.15) is 5.75 Å². The zero-order chi connectivity index (χ0) is 17.6. The van der Waals surface area contributed by atoms with Gasteiger partial charge in [0.15, 0.2) is 12.2 Å². The van der Waals surface area contributed by atoms with E-state index in [1.807, 2.05) is 29.2 Å². The number of imide groups is 1. The number of methoxy groups -OCH3 is 1. The normalized spacial score (nSPS) is 25.8. The summed E-state index contributed by atoms with van der Waals surface area (Å²) in [5.74, 6) is 1.28. The molecule has 0 spiro atoms. The minimum Gasteiger partial charge on any atom is -0.497 e. The SMILES string of the molecule is COc1ccc(N2CCCCN3C2=NC2C3C(=O)NC(=O)N2C)cc1.